The van der Waals surface area contributed by atoms with E-state index in [2.05, 4.69) is 29.2 Å². The van der Waals surface area contributed by atoms with Crippen molar-refractivity contribution in [3.63, 3.8) is 0 Å². The number of benzene rings is 2. The van der Waals surface area contributed by atoms with Crippen LogP contribution in [-0.2, 0) is 11.4 Å². The van der Waals surface area contributed by atoms with Gasteiger partial charge in [-0.2, -0.15) is 0 Å². The first-order valence-corrected chi connectivity index (χ1v) is 11.0. The highest BCUT2D eigenvalue weighted by molar-refractivity contribution is 8.00. The molecule has 2 aliphatic heterocycles. The molecule has 8 heteroatoms. The third-order valence-corrected chi connectivity index (χ3v) is 7.08. The van der Waals surface area contributed by atoms with E-state index in [0.29, 0.717) is 28.9 Å². The number of methoxy groups -OCH3 is 1. The molecule has 0 bridgehead atoms. The molecule has 2 fully saturated rings. The fourth-order valence-corrected chi connectivity index (χ4v) is 5.48. The Morgan fingerprint density at radius 3 is 2.79 bits per heavy atom. The van der Waals surface area contributed by atoms with Crippen LogP contribution in [0, 0.1) is 5.92 Å². The summed E-state index contributed by atoms with van der Waals surface area (Å²) in [4.78, 5) is 12.2. The van der Waals surface area contributed by atoms with Crippen molar-refractivity contribution in [3.8, 4) is 11.5 Å². The van der Waals surface area contributed by atoms with Crippen LogP contribution >= 0.6 is 23.4 Å². The number of hydrogen-bond donors (Lipinski definition) is 3. The van der Waals surface area contributed by atoms with Gasteiger partial charge in [-0.05, 0) is 19.1 Å². The van der Waals surface area contributed by atoms with Gasteiger partial charge >= 0.3 is 0 Å². The van der Waals surface area contributed by atoms with Crippen molar-refractivity contribution >= 4 is 29.3 Å². The van der Waals surface area contributed by atoms with Crippen molar-refractivity contribution in [2.24, 2.45) is 5.92 Å². The third-order valence-electron chi connectivity index (χ3n) is 5.35. The van der Waals surface area contributed by atoms with Crippen molar-refractivity contribution in [2.75, 3.05) is 12.9 Å². The van der Waals surface area contributed by atoms with Crippen LogP contribution in [-0.4, -0.2) is 31.0 Å². The molecule has 6 nitrogen and oxygen atoms in total. The molecule has 2 saturated heterocycles. The zero-order valence-corrected chi connectivity index (χ0v) is 17.8. The van der Waals surface area contributed by atoms with E-state index in [-0.39, 0.29) is 29.3 Å². The molecule has 0 radical (unpaired) electrons. The number of thioether (sulfide) groups is 1. The molecule has 0 saturated carbocycles. The van der Waals surface area contributed by atoms with Gasteiger partial charge in [0.05, 0.1) is 19.0 Å². The van der Waals surface area contributed by atoms with Crippen molar-refractivity contribution in [2.45, 2.75) is 31.0 Å². The summed E-state index contributed by atoms with van der Waals surface area (Å²) in [5.41, 5.74) is 8.39. The molecule has 2 heterocycles. The van der Waals surface area contributed by atoms with Gasteiger partial charge < -0.3 is 14.8 Å². The number of nitrogens with one attached hydrogen (secondary N) is 3. The molecule has 0 aromatic heterocycles. The van der Waals surface area contributed by atoms with Crippen LogP contribution in [0.25, 0.3) is 0 Å². The minimum absolute atomic E-state index is 0.0253. The van der Waals surface area contributed by atoms with Crippen LogP contribution in [0.15, 0.2) is 42.5 Å². The van der Waals surface area contributed by atoms with E-state index in [1.807, 2.05) is 36.4 Å². The van der Waals surface area contributed by atoms with Gasteiger partial charge in [0.1, 0.15) is 6.61 Å². The van der Waals surface area contributed by atoms with E-state index in [0.717, 1.165) is 11.1 Å². The van der Waals surface area contributed by atoms with Crippen molar-refractivity contribution in [3.05, 3.63) is 58.6 Å². The Balaban J connectivity index is 1.69. The maximum Gasteiger partial charge on any atom is 0.231 e. The zero-order chi connectivity index (χ0) is 20.4. The maximum absolute atomic E-state index is 12.2. The average molecular weight is 434 g/mol. The Bertz CT molecular complexity index is 897. The molecule has 4 atom stereocenters. The Hall–Kier alpha value is -1.93. The predicted octanol–water partition coefficient (Wildman–Crippen LogP) is 3.27. The van der Waals surface area contributed by atoms with Gasteiger partial charge in [0.25, 0.3) is 0 Å². The largest absolute Gasteiger partial charge is 0.493 e. The summed E-state index contributed by atoms with van der Waals surface area (Å²) in [5, 5.41) is 3.78. The average Bonchev–Trinajstić information content (AvgIpc) is 2.98. The van der Waals surface area contributed by atoms with Crippen molar-refractivity contribution in [1.82, 2.24) is 16.2 Å². The van der Waals surface area contributed by atoms with Gasteiger partial charge in [0, 0.05) is 33.4 Å². The topological polar surface area (TPSA) is 71.6 Å². The molecule has 0 aliphatic carbocycles. The van der Waals surface area contributed by atoms with E-state index in [1.165, 1.54) is 0 Å². The highest BCUT2D eigenvalue weighted by Gasteiger charge is 2.44. The number of ether oxygens (including phenoxy) is 2. The van der Waals surface area contributed by atoms with E-state index in [1.54, 1.807) is 18.9 Å². The minimum Gasteiger partial charge on any atom is -0.493 e. The van der Waals surface area contributed by atoms with E-state index >= 15 is 0 Å². The normalized spacial score (nSPS) is 26.4. The molecule has 2 aliphatic rings. The van der Waals surface area contributed by atoms with Crippen LogP contribution in [0.1, 0.15) is 23.3 Å². The van der Waals surface area contributed by atoms with Gasteiger partial charge in [-0.1, -0.05) is 41.9 Å². The quantitative estimate of drug-likeness (QED) is 0.672. The molecule has 4 rings (SSSR count). The number of halogens is 1. The first-order valence-electron chi connectivity index (χ1n) is 9.53. The van der Waals surface area contributed by atoms with Crippen LogP contribution in [0.3, 0.4) is 0 Å². The van der Waals surface area contributed by atoms with Gasteiger partial charge in [-0.3, -0.25) is 10.2 Å². The molecule has 0 spiro atoms. The van der Waals surface area contributed by atoms with E-state index in [9.17, 15) is 4.79 Å². The summed E-state index contributed by atoms with van der Waals surface area (Å²) in [6.45, 7) is 2.45. The lowest BCUT2D eigenvalue weighted by Gasteiger charge is -2.29. The lowest BCUT2D eigenvalue weighted by atomic mass is 9.90. The number of hydrazine groups is 1. The fraction of sp³-hybridized carbons (Fsp3) is 0.381. The number of amides is 1. The smallest absolute Gasteiger partial charge is 0.231 e. The molecule has 2 aromatic rings. The first kappa shape index (κ1) is 20.3. The highest BCUT2D eigenvalue weighted by atomic mass is 35.5. The summed E-state index contributed by atoms with van der Waals surface area (Å²) in [7, 11) is 1.64. The highest BCUT2D eigenvalue weighted by Crippen LogP contribution is 2.48. The lowest BCUT2D eigenvalue weighted by Crippen LogP contribution is -2.46. The second kappa shape index (κ2) is 8.83. The van der Waals surface area contributed by atoms with Gasteiger partial charge in [-0.25, -0.2) is 5.43 Å². The van der Waals surface area contributed by atoms with Gasteiger partial charge in [-0.15, -0.1) is 11.8 Å². The Labute approximate surface area is 179 Å². The minimum atomic E-state index is -0.139. The summed E-state index contributed by atoms with van der Waals surface area (Å²) < 4.78 is 11.9. The van der Waals surface area contributed by atoms with Crippen molar-refractivity contribution in [1.29, 1.82) is 0 Å². The molecule has 2 aromatic carbocycles. The second-order valence-electron chi connectivity index (χ2n) is 7.19. The number of para-hydroxylation sites is 1. The molecule has 1 amide bonds. The van der Waals surface area contributed by atoms with Crippen LogP contribution in [0.4, 0.5) is 0 Å². The maximum atomic E-state index is 12.2. The predicted molar refractivity (Wildman–Crippen MR) is 115 cm³/mol. The second-order valence-corrected chi connectivity index (χ2v) is 8.73. The lowest BCUT2D eigenvalue weighted by molar-refractivity contribution is -0.119. The van der Waals surface area contributed by atoms with Gasteiger partial charge in [0.15, 0.2) is 11.5 Å². The molecule has 4 unspecified atom stereocenters. The molecule has 3 N–H and O–H groups in total. The number of hydrogen-bond acceptors (Lipinski definition) is 6. The van der Waals surface area contributed by atoms with Crippen molar-refractivity contribution < 1.29 is 14.3 Å². The zero-order valence-electron chi connectivity index (χ0n) is 16.3. The standard InChI is InChI=1S/C21H24ClN3O3S/c1-12-18-20(29-11-17(26)23-21(18)25-24-12)14-7-5-9-16(27-2)19(14)28-10-13-6-3-4-8-15(13)22/h3-9,12,18,20-21,24-25H,10-11H2,1-2H3,(H,23,26). The van der Waals surface area contributed by atoms with E-state index in [4.69, 9.17) is 21.1 Å². The number of fused-ring (bicyclic) bond motifs is 1. The molecular weight excluding hydrogens is 410 g/mol. The first-order chi connectivity index (χ1) is 14.1. The summed E-state index contributed by atoms with van der Waals surface area (Å²) in [6.07, 6.45) is -0.139. The number of carbonyl (C=O) groups is 1. The Kier molecular flexibility index (Phi) is 6.20. The summed E-state index contributed by atoms with van der Waals surface area (Å²) in [5.74, 6) is 1.94. The van der Waals surface area contributed by atoms with E-state index < -0.39 is 0 Å². The van der Waals surface area contributed by atoms with Crippen LogP contribution in [0.2, 0.25) is 5.02 Å². The van der Waals surface area contributed by atoms with Crippen LogP contribution < -0.4 is 25.6 Å². The molecule has 154 valence electrons. The number of carbonyl (C=O) groups excluding carboxylic acids is 1. The molecule has 29 heavy (non-hydrogen) atoms. The SMILES string of the molecule is COc1cccc(C2SCC(=O)NC3NNC(C)C32)c1OCc1ccccc1Cl. The number of rotatable bonds is 5. The summed E-state index contributed by atoms with van der Waals surface area (Å²) >= 11 is 7.93. The van der Waals surface area contributed by atoms with Gasteiger partial charge in [0.2, 0.25) is 5.91 Å². The monoisotopic (exact) mass is 433 g/mol. The summed E-state index contributed by atoms with van der Waals surface area (Å²) in [6, 6.07) is 13.7. The third kappa shape index (κ3) is 4.19. The fourth-order valence-electron chi connectivity index (χ4n) is 3.90. The molecular formula is C21H24ClN3O3S. The van der Waals surface area contributed by atoms with Crippen LogP contribution in [0.5, 0.6) is 11.5 Å². The Morgan fingerprint density at radius 2 is 2.00 bits per heavy atom. The Morgan fingerprint density at radius 1 is 1.17 bits per heavy atom.